The number of methoxy groups -OCH3 is 1. The number of aromatic nitrogens is 1. The van der Waals surface area contributed by atoms with Gasteiger partial charge in [-0.15, -0.1) is 0 Å². The number of ether oxygens (including phenoxy) is 1. The second kappa shape index (κ2) is 6.11. The Labute approximate surface area is 135 Å². The molecule has 0 aliphatic carbocycles. The molecule has 122 valence electrons. The zero-order valence-electron chi connectivity index (χ0n) is 12.5. The molecule has 0 unspecified atom stereocenters. The summed E-state index contributed by atoms with van der Waals surface area (Å²) in [4.78, 5) is 15.5. The van der Waals surface area contributed by atoms with Crippen LogP contribution < -0.4 is 10.5 Å². The summed E-state index contributed by atoms with van der Waals surface area (Å²) in [7, 11) is 1.51. The van der Waals surface area contributed by atoms with Gasteiger partial charge < -0.3 is 14.9 Å². The molecule has 2 aromatic carbocycles. The van der Waals surface area contributed by atoms with Crippen LogP contribution in [0.2, 0.25) is 0 Å². The van der Waals surface area contributed by atoms with Gasteiger partial charge in [-0.3, -0.25) is 4.79 Å². The number of oxazole rings is 1. The Morgan fingerprint density at radius 2 is 1.75 bits per heavy atom. The maximum atomic E-state index is 13.9. The number of rotatable bonds is 4. The van der Waals surface area contributed by atoms with Gasteiger partial charge in [0.1, 0.15) is 22.9 Å². The topological polar surface area (TPSA) is 78.3 Å². The Morgan fingerprint density at radius 1 is 1.12 bits per heavy atom. The fourth-order valence-electron chi connectivity index (χ4n) is 2.23. The molecule has 0 bridgehead atoms. The Morgan fingerprint density at radius 3 is 2.29 bits per heavy atom. The van der Waals surface area contributed by atoms with E-state index in [1.54, 1.807) is 24.3 Å². The summed E-state index contributed by atoms with van der Waals surface area (Å²) in [5, 5.41) is 0. The highest BCUT2D eigenvalue weighted by atomic mass is 19.1. The summed E-state index contributed by atoms with van der Waals surface area (Å²) in [5.74, 6) is -2.30. The van der Waals surface area contributed by atoms with Crippen molar-refractivity contribution in [1.82, 2.24) is 4.98 Å². The molecule has 0 saturated carbocycles. The van der Waals surface area contributed by atoms with E-state index in [9.17, 15) is 13.6 Å². The van der Waals surface area contributed by atoms with Crippen LogP contribution in [-0.4, -0.2) is 18.0 Å². The third kappa shape index (κ3) is 2.71. The molecule has 1 heterocycles. The molecule has 0 atom stereocenters. The van der Waals surface area contributed by atoms with Crippen LogP contribution in [0.3, 0.4) is 0 Å². The number of hydrogen-bond acceptors (Lipinski definition) is 4. The van der Waals surface area contributed by atoms with E-state index in [0.29, 0.717) is 11.3 Å². The van der Waals surface area contributed by atoms with Gasteiger partial charge in [-0.05, 0) is 36.4 Å². The number of amides is 1. The van der Waals surface area contributed by atoms with Crippen molar-refractivity contribution in [3.63, 3.8) is 0 Å². The maximum absolute atomic E-state index is 13.9. The van der Waals surface area contributed by atoms with Crippen molar-refractivity contribution >= 4 is 5.91 Å². The predicted molar refractivity (Wildman–Crippen MR) is 82.4 cm³/mol. The average Bonchev–Trinajstić information content (AvgIpc) is 3.00. The van der Waals surface area contributed by atoms with Crippen molar-refractivity contribution in [2.24, 2.45) is 5.73 Å². The summed E-state index contributed by atoms with van der Waals surface area (Å²) in [6.45, 7) is 0. The summed E-state index contributed by atoms with van der Waals surface area (Å²) in [6.07, 6.45) is 0. The van der Waals surface area contributed by atoms with Crippen molar-refractivity contribution in [3.8, 4) is 28.5 Å². The Bertz CT molecular complexity index is 884. The molecule has 7 heteroatoms. The largest absolute Gasteiger partial charge is 0.497 e. The van der Waals surface area contributed by atoms with E-state index >= 15 is 0 Å². The Hall–Kier alpha value is -3.22. The minimum Gasteiger partial charge on any atom is -0.497 e. The van der Waals surface area contributed by atoms with Gasteiger partial charge in [0.15, 0.2) is 11.5 Å². The van der Waals surface area contributed by atoms with Gasteiger partial charge in [-0.2, -0.15) is 0 Å². The summed E-state index contributed by atoms with van der Waals surface area (Å²) >= 11 is 0. The minimum absolute atomic E-state index is 0.0304. The number of primary amides is 1. The fourth-order valence-corrected chi connectivity index (χ4v) is 2.23. The number of benzene rings is 2. The SMILES string of the molecule is COc1ccc(-c2oc(-c3c(F)cccc3F)nc2C(N)=O)cc1. The lowest BCUT2D eigenvalue weighted by Gasteiger charge is -2.02. The lowest BCUT2D eigenvalue weighted by atomic mass is 10.1. The molecule has 0 aliphatic heterocycles. The van der Waals surface area contributed by atoms with Crippen LogP contribution in [0.15, 0.2) is 46.9 Å². The summed E-state index contributed by atoms with van der Waals surface area (Å²) in [5.41, 5.74) is 5.11. The van der Waals surface area contributed by atoms with Gasteiger partial charge in [0, 0.05) is 5.56 Å². The Kier molecular flexibility index (Phi) is 3.99. The van der Waals surface area contributed by atoms with Crippen molar-refractivity contribution in [2.45, 2.75) is 0 Å². The van der Waals surface area contributed by atoms with Crippen LogP contribution in [0.25, 0.3) is 22.8 Å². The van der Waals surface area contributed by atoms with Gasteiger partial charge in [0.2, 0.25) is 5.89 Å². The van der Waals surface area contributed by atoms with Gasteiger partial charge in [-0.25, -0.2) is 13.8 Å². The molecule has 3 aromatic rings. The van der Waals surface area contributed by atoms with Crippen molar-refractivity contribution < 1.29 is 22.7 Å². The molecular formula is C17H12F2N2O3. The first-order valence-electron chi connectivity index (χ1n) is 6.90. The molecule has 0 fully saturated rings. The number of hydrogen-bond donors (Lipinski definition) is 1. The normalized spacial score (nSPS) is 10.6. The molecule has 1 amide bonds. The summed E-state index contributed by atoms with van der Waals surface area (Å²) < 4.78 is 38.3. The first kappa shape index (κ1) is 15.7. The molecule has 2 N–H and O–H groups in total. The standard InChI is InChI=1S/C17H12F2N2O3/c1-23-10-7-5-9(6-8-10)15-14(16(20)22)21-17(24-15)13-11(18)3-2-4-12(13)19/h2-8H,1H3,(H2,20,22). The monoisotopic (exact) mass is 330 g/mol. The number of carbonyl (C=O) groups excluding carboxylic acids is 1. The van der Waals surface area contributed by atoms with Gasteiger partial charge in [-0.1, -0.05) is 6.07 Å². The number of halogens is 2. The first-order chi connectivity index (χ1) is 11.5. The van der Waals surface area contributed by atoms with Gasteiger partial charge in [0.25, 0.3) is 5.91 Å². The van der Waals surface area contributed by atoms with Crippen molar-refractivity contribution in [2.75, 3.05) is 7.11 Å². The van der Waals surface area contributed by atoms with Crippen LogP contribution in [0, 0.1) is 11.6 Å². The highest BCUT2D eigenvalue weighted by Gasteiger charge is 2.24. The molecule has 0 aliphatic rings. The van der Waals surface area contributed by atoms with Crippen LogP contribution in [-0.2, 0) is 0 Å². The highest BCUT2D eigenvalue weighted by Crippen LogP contribution is 2.33. The van der Waals surface area contributed by atoms with Crippen LogP contribution in [0.4, 0.5) is 8.78 Å². The van der Waals surface area contributed by atoms with E-state index in [2.05, 4.69) is 4.98 Å². The molecule has 3 rings (SSSR count). The van der Waals surface area contributed by atoms with E-state index in [-0.39, 0.29) is 17.3 Å². The third-order valence-corrected chi connectivity index (χ3v) is 3.39. The van der Waals surface area contributed by atoms with E-state index in [1.165, 1.54) is 13.2 Å². The van der Waals surface area contributed by atoms with E-state index in [1.807, 2.05) is 0 Å². The van der Waals surface area contributed by atoms with Gasteiger partial charge >= 0.3 is 0 Å². The lowest BCUT2D eigenvalue weighted by Crippen LogP contribution is -2.12. The predicted octanol–water partition coefficient (Wildman–Crippen LogP) is 3.39. The van der Waals surface area contributed by atoms with Crippen LogP contribution in [0.5, 0.6) is 5.75 Å². The van der Waals surface area contributed by atoms with Gasteiger partial charge in [0.05, 0.1) is 7.11 Å². The van der Waals surface area contributed by atoms with Crippen LogP contribution in [0.1, 0.15) is 10.5 Å². The average molecular weight is 330 g/mol. The zero-order valence-corrected chi connectivity index (χ0v) is 12.5. The molecule has 24 heavy (non-hydrogen) atoms. The molecule has 1 aromatic heterocycles. The van der Waals surface area contributed by atoms with Crippen LogP contribution >= 0.6 is 0 Å². The second-order valence-corrected chi connectivity index (χ2v) is 4.89. The molecule has 0 radical (unpaired) electrons. The third-order valence-electron chi connectivity index (χ3n) is 3.39. The molecule has 0 saturated heterocycles. The van der Waals surface area contributed by atoms with Crippen molar-refractivity contribution in [3.05, 3.63) is 59.8 Å². The first-order valence-corrected chi connectivity index (χ1v) is 6.90. The second-order valence-electron chi connectivity index (χ2n) is 4.89. The highest BCUT2D eigenvalue weighted by molar-refractivity contribution is 5.97. The van der Waals surface area contributed by atoms with E-state index < -0.39 is 23.1 Å². The Balaban J connectivity index is 2.16. The van der Waals surface area contributed by atoms with E-state index in [0.717, 1.165) is 12.1 Å². The zero-order chi connectivity index (χ0) is 17.3. The lowest BCUT2D eigenvalue weighted by molar-refractivity contribution is 0.0996. The number of carbonyl (C=O) groups is 1. The minimum atomic E-state index is -0.868. The number of nitrogens with two attached hydrogens (primary N) is 1. The molecule has 0 spiro atoms. The van der Waals surface area contributed by atoms with E-state index in [4.69, 9.17) is 14.9 Å². The molecular weight excluding hydrogens is 318 g/mol. The maximum Gasteiger partial charge on any atom is 0.271 e. The molecule has 5 nitrogen and oxygen atoms in total. The van der Waals surface area contributed by atoms with Crippen molar-refractivity contribution in [1.29, 1.82) is 0 Å². The fraction of sp³-hybridized carbons (Fsp3) is 0.0588. The summed E-state index contributed by atoms with van der Waals surface area (Å²) in [6, 6.07) is 9.88. The smallest absolute Gasteiger partial charge is 0.271 e. The number of nitrogens with zero attached hydrogens (tertiary/aromatic N) is 1. The quantitative estimate of drug-likeness (QED) is 0.795.